The Hall–Kier alpha value is -1.95. The van der Waals surface area contributed by atoms with Crippen molar-refractivity contribution in [2.24, 2.45) is 16.5 Å². The Labute approximate surface area is 90.9 Å². The molecule has 1 aromatic carbocycles. The van der Waals surface area contributed by atoms with Crippen molar-refractivity contribution in [2.75, 3.05) is 0 Å². The highest BCUT2D eigenvalue weighted by molar-refractivity contribution is 7.71. The molecule has 0 aliphatic rings. The van der Waals surface area contributed by atoms with Gasteiger partial charge in [-0.1, -0.05) is 24.4 Å². The van der Waals surface area contributed by atoms with Gasteiger partial charge in [0, 0.05) is 5.39 Å². The summed E-state index contributed by atoms with van der Waals surface area (Å²) in [6.07, 6.45) is 0. The molecule has 0 spiro atoms. The van der Waals surface area contributed by atoms with Gasteiger partial charge in [0.25, 0.3) is 0 Å². The van der Waals surface area contributed by atoms with Crippen LogP contribution >= 0.6 is 12.2 Å². The third-order valence-electron chi connectivity index (χ3n) is 1.85. The number of guanidine groups is 1. The summed E-state index contributed by atoms with van der Waals surface area (Å²) in [4.78, 5) is 10.8. The lowest BCUT2D eigenvalue weighted by Crippen LogP contribution is -2.22. The number of fused-ring (bicyclic) bond motifs is 1. The van der Waals surface area contributed by atoms with Crippen LogP contribution in [0.2, 0.25) is 0 Å². The monoisotopic (exact) mass is 219 g/mol. The second-order valence-electron chi connectivity index (χ2n) is 2.95. The number of nitrogens with two attached hydrogens (primary N) is 2. The van der Waals surface area contributed by atoms with Crippen molar-refractivity contribution in [2.45, 2.75) is 0 Å². The first kappa shape index (κ1) is 9.60. The van der Waals surface area contributed by atoms with Crippen LogP contribution in [0.25, 0.3) is 10.9 Å². The van der Waals surface area contributed by atoms with E-state index in [0.29, 0.717) is 10.6 Å². The molecule has 0 unspecified atom stereocenters. The molecule has 0 amide bonds. The van der Waals surface area contributed by atoms with Crippen LogP contribution < -0.4 is 11.5 Å². The van der Waals surface area contributed by atoms with Gasteiger partial charge in [-0.2, -0.15) is 4.99 Å². The largest absolute Gasteiger partial charge is 0.370 e. The molecule has 1 heterocycles. The molecular formula is C9H9N5S. The highest BCUT2D eigenvalue weighted by Crippen LogP contribution is 2.15. The minimum absolute atomic E-state index is 0.0524. The van der Waals surface area contributed by atoms with Crippen LogP contribution in [0, 0.1) is 4.64 Å². The first-order valence-corrected chi connectivity index (χ1v) is 4.66. The third kappa shape index (κ3) is 1.94. The molecule has 15 heavy (non-hydrogen) atoms. The third-order valence-corrected chi connectivity index (χ3v) is 2.16. The molecule has 0 fully saturated rings. The second kappa shape index (κ2) is 3.66. The van der Waals surface area contributed by atoms with Crippen molar-refractivity contribution in [1.29, 1.82) is 0 Å². The number of aromatic amines is 1. The number of benzene rings is 1. The fourth-order valence-electron chi connectivity index (χ4n) is 1.26. The van der Waals surface area contributed by atoms with E-state index in [2.05, 4.69) is 15.0 Å². The number of aromatic nitrogens is 2. The average Bonchev–Trinajstić information content (AvgIpc) is 2.16. The van der Waals surface area contributed by atoms with E-state index in [0.717, 1.165) is 10.9 Å². The molecule has 0 radical (unpaired) electrons. The lowest BCUT2D eigenvalue weighted by molar-refractivity contribution is 1.16. The normalized spacial score (nSPS) is 10.1. The predicted molar refractivity (Wildman–Crippen MR) is 62.4 cm³/mol. The Morgan fingerprint density at radius 1 is 1.33 bits per heavy atom. The molecule has 0 saturated heterocycles. The van der Waals surface area contributed by atoms with E-state index in [-0.39, 0.29) is 5.96 Å². The minimum Gasteiger partial charge on any atom is -0.370 e. The molecular weight excluding hydrogens is 210 g/mol. The zero-order chi connectivity index (χ0) is 10.8. The van der Waals surface area contributed by atoms with Gasteiger partial charge in [0.05, 0.1) is 5.52 Å². The summed E-state index contributed by atoms with van der Waals surface area (Å²) in [5.41, 5.74) is 11.4. The highest BCUT2D eigenvalue weighted by atomic mass is 32.1. The number of H-pyrrole nitrogens is 1. The molecule has 5 nitrogen and oxygen atoms in total. The number of nitrogens with one attached hydrogen (secondary N) is 1. The maximum atomic E-state index is 5.25. The van der Waals surface area contributed by atoms with Gasteiger partial charge in [0.2, 0.25) is 5.95 Å². The topological polar surface area (TPSA) is 93.1 Å². The molecule has 2 aromatic rings. The summed E-state index contributed by atoms with van der Waals surface area (Å²) in [6, 6.07) is 7.57. The molecule has 0 atom stereocenters. The Kier molecular flexibility index (Phi) is 2.34. The molecule has 0 aliphatic carbocycles. The zero-order valence-electron chi connectivity index (χ0n) is 7.77. The SMILES string of the molecule is NC(N)=Nc1nc(=S)c2ccccc2[nH]1. The standard InChI is InChI=1S/C9H9N5S/c10-8(11)14-9-12-6-4-2-1-3-5(6)7(15)13-9/h1-4H,(H5,10,11,12,13,14,15). The lowest BCUT2D eigenvalue weighted by Gasteiger charge is -1.99. The van der Waals surface area contributed by atoms with Crippen molar-refractivity contribution >= 4 is 35.0 Å². The fraction of sp³-hybridized carbons (Fsp3) is 0. The van der Waals surface area contributed by atoms with Gasteiger partial charge in [-0.15, -0.1) is 0 Å². The predicted octanol–water partition coefficient (Wildman–Crippen LogP) is 1.20. The van der Waals surface area contributed by atoms with Crippen molar-refractivity contribution in [3.05, 3.63) is 28.9 Å². The number of nitrogens with zero attached hydrogens (tertiary/aromatic N) is 2. The highest BCUT2D eigenvalue weighted by Gasteiger charge is 1.98. The Bertz CT molecular complexity index is 582. The summed E-state index contributed by atoms with van der Waals surface area (Å²) < 4.78 is 0.476. The van der Waals surface area contributed by atoms with E-state index in [1.807, 2.05) is 24.3 Å². The minimum atomic E-state index is -0.0524. The van der Waals surface area contributed by atoms with E-state index in [1.54, 1.807) is 0 Å². The smallest absolute Gasteiger partial charge is 0.231 e. The van der Waals surface area contributed by atoms with E-state index in [4.69, 9.17) is 23.7 Å². The second-order valence-corrected chi connectivity index (χ2v) is 3.33. The summed E-state index contributed by atoms with van der Waals surface area (Å²) in [6.45, 7) is 0. The summed E-state index contributed by atoms with van der Waals surface area (Å²) in [5.74, 6) is 0.266. The molecule has 6 heteroatoms. The lowest BCUT2D eigenvalue weighted by atomic mass is 10.2. The van der Waals surface area contributed by atoms with Gasteiger partial charge in [0.15, 0.2) is 5.96 Å². The van der Waals surface area contributed by atoms with Gasteiger partial charge >= 0.3 is 0 Å². The quantitative estimate of drug-likeness (QED) is 0.381. The van der Waals surface area contributed by atoms with Crippen molar-refractivity contribution < 1.29 is 0 Å². The molecule has 0 saturated carbocycles. The van der Waals surface area contributed by atoms with E-state index in [9.17, 15) is 0 Å². The molecule has 76 valence electrons. The van der Waals surface area contributed by atoms with Crippen LogP contribution in [0.3, 0.4) is 0 Å². The van der Waals surface area contributed by atoms with Gasteiger partial charge in [-0.25, -0.2) is 4.98 Å². The number of hydrogen-bond acceptors (Lipinski definition) is 3. The van der Waals surface area contributed by atoms with Gasteiger partial charge < -0.3 is 16.5 Å². The van der Waals surface area contributed by atoms with Crippen LogP contribution in [0.5, 0.6) is 0 Å². The summed E-state index contributed by atoms with van der Waals surface area (Å²) >= 11 is 5.11. The number of aliphatic imine (C=N–C) groups is 1. The van der Waals surface area contributed by atoms with E-state index in [1.165, 1.54) is 0 Å². The molecule has 5 N–H and O–H groups in total. The van der Waals surface area contributed by atoms with Crippen LogP contribution in [0.15, 0.2) is 29.3 Å². The fourth-order valence-corrected chi connectivity index (χ4v) is 1.52. The summed E-state index contributed by atoms with van der Waals surface area (Å²) in [5, 5.41) is 0.877. The zero-order valence-corrected chi connectivity index (χ0v) is 8.58. The average molecular weight is 219 g/mol. The van der Waals surface area contributed by atoms with Crippen LogP contribution in [-0.4, -0.2) is 15.9 Å². The van der Waals surface area contributed by atoms with E-state index >= 15 is 0 Å². The molecule has 1 aromatic heterocycles. The van der Waals surface area contributed by atoms with Crippen molar-refractivity contribution in [3.8, 4) is 0 Å². The Morgan fingerprint density at radius 2 is 2.07 bits per heavy atom. The molecule has 0 aliphatic heterocycles. The Balaban J connectivity index is 2.73. The number of hydrogen-bond donors (Lipinski definition) is 3. The summed E-state index contributed by atoms with van der Waals surface area (Å²) in [7, 11) is 0. The van der Waals surface area contributed by atoms with Gasteiger partial charge in [-0.3, -0.25) is 0 Å². The van der Waals surface area contributed by atoms with Gasteiger partial charge in [0.1, 0.15) is 4.64 Å². The van der Waals surface area contributed by atoms with Crippen molar-refractivity contribution in [3.63, 3.8) is 0 Å². The van der Waals surface area contributed by atoms with Crippen LogP contribution in [0.4, 0.5) is 5.95 Å². The number of rotatable bonds is 1. The first-order valence-electron chi connectivity index (χ1n) is 4.25. The van der Waals surface area contributed by atoms with Gasteiger partial charge in [-0.05, 0) is 12.1 Å². The Morgan fingerprint density at radius 3 is 2.80 bits per heavy atom. The maximum Gasteiger partial charge on any atom is 0.231 e. The molecule has 2 rings (SSSR count). The maximum absolute atomic E-state index is 5.25. The first-order chi connectivity index (χ1) is 7.16. The van der Waals surface area contributed by atoms with Crippen molar-refractivity contribution in [1.82, 2.24) is 9.97 Å². The van der Waals surface area contributed by atoms with E-state index < -0.39 is 0 Å². The molecule has 0 bridgehead atoms. The van der Waals surface area contributed by atoms with Crippen LogP contribution in [0.1, 0.15) is 0 Å². The number of para-hydroxylation sites is 1. The van der Waals surface area contributed by atoms with Crippen LogP contribution in [-0.2, 0) is 0 Å².